The maximum atomic E-state index is 14.3. The minimum absolute atomic E-state index is 0.0253. The second-order valence-corrected chi connectivity index (χ2v) is 16.0. The smallest absolute Gasteiger partial charge is 0.408 e. The van der Waals surface area contributed by atoms with Crippen molar-refractivity contribution in [1.29, 1.82) is 0 Å². The van der Waals surface area contributed by atoms with E-state index in [2.05, 4.69) is 5.32 Å². The molecule has 0 saturated heterocycles. The Morgan fingerprint density at radius 2 is 1.49 bits per heavy atom. The Bertz CT molecular complexity index is 1790. The van der Waals surface area contributed by atoms with Crippen molar-refractivity contribution in [3.63, 3.8) is 0 Å². The number of methoxy groups -OCH3 is 1. The number of anilines is 1. The summed E-state index contributed by atoms with van der Waals surface area (Å²) < 4.78 is 27.9. The summed E-state index contributed by atoms with van der Waals surface area (Å²) in [7, 11) is 1.56. The molecular formula is C42H54N2O9. The summed E-state index contributed by atoms with van der Waals surface area (Å²) in [6.07, 6.45) is 1.66. The number of ether oxygens (including phenoxy) is 5. The maximum absolute atomic E-state index is 14.3. The van der Waals surface area contributed by atoms with Crippen molar-refractivity contribution in [2.45, 2.75) is 98.6 Å². The Hall–Kier alpha value is -5.06. The number of hydrogen-bond acceptors (Lipinski definition) is 9. The van der Waals surface area contributed by atoms with Gasteiger partial charge in [-0.25, -0.2) is 4.79 Å². The topological polar surface area (TPSA) is 130 Å². The molecule has 4 rings (SSSR count). The number of fused-ring (bicyclic) bond motifs is 1. The van der Waals surface area contributed by atoms with Crippen LogP contribution in [0, 0.1) is 5.41 Å². The third-order valence-electron chi connectivity index (χ3n) is 8.58. The van der Waals surface area contributed by atoms with Crippen LogP contribution in [0.3, 0.4) is 0 Å². The monoisotopic (exact) mass is 730 g/mol. The second kappa shape index (κ2) is 16.7. The molecule has 0 saturated carbocycles. The predicted octanol–water partition coefficient (Wildman–Crippen LogP) is 7.81. The summed E-state index contributed by atoms with van der Waals surface area (Å²) in [5.41, 5.74) is 2.05. The van der Waals surface area contributed by atoms with Gasteiger partial charge in [-0.2, -0.15) is 0 Å². The largest absolute Gasteiger partial charge is 0.497 e. The van der Waals surface area contributed by atoms with Gasteiger partial charge in [-0.1, -0.05) is 12.1 Å². The highest BCUT2D eigenvalue weighted by Gasteiger charge is 2.31. The van der Waals surface area contributed by atoms with Gasteiger partial charge >= 0.3 is 18.0 Å². The van der Waals surface area contributed by atoms with E-state index in [9.17, 15) is 19.2 Å². The Morgan fingerprint density at radius 1 is 0.830 bits per heavy atom. The van der Waals surface area contributed by atoms with Gasteiger partial charge in [-0.3, -0.25) is 19.3 Å². The van der Waals surface area contributed by atoms with Crippen molar-refractivity contribution in [1.82, 2.24) is 5.32 Å². The van der Waals surface area contributed by atoms with Gasteiger partial charge in [0.15, 0.2) is 0 Å². The zero-order valence-electron chi connectivity index (χ0n) is 32.7. The van der Waals surface area contributed by atoms with Crippen molar-refractivity contribution in [3.05, 3.63) is 82.9 Å². The Kier molecular flexibility index (Phi) is 12.9. The van der Waals surface area contributed by atoms with E-state index in [0.29, 0.717) is 34.9 Å². The first-order valence-electron chi connectivity index (χ1n) is 18.0. The molecule has 3 aromatic carbocycles. The molecule has 2 amide bonds. The fourth-order valence-electron chi connectivity index (χ4n) is 5.88. The summed E-state index contributed by atoms with van der Waals surface area (Å²) in [6, 6.07) is 18.0. The summed E-state index contributed by atoms with van der Waals surface area (Å²) in [4.78, 5) is 53.5. The van der Waals surface area contributed by atoms with Gasteiger partial charge in [0.1, 0.15) is 36.0 Å². The molecule has 53 heavy (non-hydrogen) atoms. The van der Waals surface area contributed by atoms with Crippen LogP contribution in [-0.4, -0.2) is 61.9 Å². The Morgan fingerprint density at radius 3 is 2.11 bits per heavy atom. The van der Waals surface area contributed by atoms with Crippen LogP contribution in [0.15, 0.2) is 60.7 Å². The minimum atomic E-state index is -0.739. The zero-order valence-corrected chi connectivity index (χ0v) is 32.7. The molecule has 0 aromatic heterocycles. The van der Waals surface area contributed by atoms with E-state index in [1.165, 1.54) is 4.90 Å². The number of rotatable bonds is 12. The highest BCUT2D eigenvalue weighted by Crippen LogP contribution is 2.40. The third kappa shape index (κ3) is 11.5. The van der Waals surface area contributed by atoms with Gasteiger partial charge < -0.3 is 29.0 Å². The minimum Gasteiger partial charge on any atom is -0.497 e. The molecule has 0 unspecified atom stereocenters. The molecule has 0 bridgehead atoms. The average molecular weight is 731 g/mol. The Labute approximate surface area is 313 Å². The van der Waals surface area contributed by atoms with Crippen LogP contribution in [0.1, 0.15) is 102 Å². The lowest BCUT2D eigenvalue weighted by Crippen LogP contribution is -2.49. The highest BCUT2D eigenvalue weighted by atomic mass is 16.6. The van der Waals surface area contributed by atoms with Gasteiger partial charge in [0.05, 0.1) is 30.4 Å². The first kappa shape index (κ1) is 40.7. The van der Waals surface area contributed by atoms with Crippen LogP contribution in [0.2, 0.25) is 0 Å². The van der Waals surface area contributed by atoms with E-state index in [0.717, 1.165) is 29.5 Å². The maximum Gasteiger partial charge on any atom is 0.408 e. The fraction of sp³-hybridized carbons (Fsp3) is 0.476. The van der Waals surface area contributed by atoms with Crippen molar-refractivity contribution in [3.8, 4) is 17.2 Å². The molecule has 0 radical (unpaired) electrons. The Balaban J connectivity index is 1.58. The van der Waals surface area contributed by atoms with Gasteiger partial charge in [0.2, 0.25) is 0 Å². The fourth-order valence-corrected chi connectivity index (χ4v) is 5.88. The molecule has 1 N–H and O–H groups in total. The molecular weight excluding hydrogens is 676 g/mol. The first-order chi connectivity index (χ1) is 24.8. The number of carbonyl (C=O) groups is 4. The van der Waals surface area contributed by atoms with E-state index in [-0.39, 0.29) is 31.6 Å². The lowest BCUT2D eigenvalue weighted by atomic mass is 9.79. The molecule has 0 fully saturated rings. The van der Waals surface area contributed by atoms with Crippen molar-refractivity contribution in [2.24, 2.45) is 5.41 Å². The molecule has 1 aliphatic rings. The third-order valence-corrected chi connectivity index (χ3v) is 8.58. The average Bonchev–Trinajstić information content (AvgIpc) is 3.08. The van der Waals surface area contributed by atoms with Crippen molar-refractivity contribution < 1.29 is 42.9 Å². The van der Waals surface area contributed by atoms with E-state index >= 15 is 0 Å². The predicted molar refractivity (Wildman–Crippen MR) is 203 cm³/mol. The first-order valence-corrected chi connectivity index (χ1v) is 18.0. The molecule has 1 atom stereocenters. The molecule has 0 heterocycles. The van der Waals surface area contributed by atoms with Crippen LogP contribution < -0.4 is 24.4 Å². The zero-order chi connectivity index (χ0) is 39.1. The van der Waals surface area contributed by atoms with Crippen LogP contribution in [0.5, 0.6) is 17.2 Å². The van der Waals surface area contributed by atoms with Gasteiger partial charge in [0.25, 0.3) is 5.91 Å². The summed E-state index contributed by atoms with van der Waals surface area (Å²) in [5, 5.41) is 2.82. The van der Waals surface area contributed by atoms with Crippen molar-refractivity contribution in [2.75, 3.05) is 31.8 Å². The lowest BCUT2D eigenvalue weighted by Gasteiger charge is -2.31. The number of amides is 2. The molecule has 0 spiro atoms. The van der Waals surface area contributed by atoms with Gasteiger partial charge in [0, 0.05) is 11.6 Å². The van der Waals surface area contributed by atoms with E-state index in [4.69, 9.17) is 23.7 Å². The molecule has 0 aliphatic heterocycles. The van der Waals surface area contributed by atoms with Crippen LogP contribution >= 0.6 is 0 Å². The number of nitrogens with one attached hydrogen (secondary N) is 1. The summed E-state index contributed by atoms with van der Waals surface area (Å²) in [5.74, 6) is 0.357. The second-order valence-electron chi connectivity index (χ2n) is 16.0. The van der Waals surface area contributed by atoms with Crippen LogP contribution in [-0.2, 0) is 31.9 Å². The van der Waals surface area contributed by atoms with E-state index < -0.39 is 34.5 Å². The number of carbonyl (C=O) groups excluding carboxylic acids is 4. The van der Waals surface area contributed by atoms with Gasteiger partial charge in [-0.15, -0.1) is 0 Å². The lowest BCUT2D eigenvalue weighted by molar-refractivity contribution is -0.143. The number of esters is 2. The standard InChI is InChI=1S/C42H54N2O9/c1-11-50-36(45)25-44(37(46)27-14-17-31(18-15-27)51-26-42(8,9)43-39(48)53-41(5,6)7)35-24-32(49-10)20-21-34(35)30-13-12-29-23-33(19-16-28(29)22-30)52-38(47)40(2,3)4/h14-21,23-24,30H,11-13,22,25-26H2,1-10H3,(H,43,48)/t30-/m1/s1. The summed E-state index contributed by atoms with van der Waals surface area (Å²) >= 11 is 0. The SMILES string of the molecule is CCOC(=O)CN(C(=O)c1ccc(OCC(C)(C)NC(=O)OC(C)(C)C)cc1)c1cc(OC)ccc1[C@@H]1CCc2cc(OC(=O)C(C)(C)C)ccc2C1. The van der Waals surface area contributed by atoms with E-state index in [1.807, 2.05) is 65.0 Å². The molecule has 286 valence electrons. The van der Waals surface area contributed by atoms with Crippen LogP contribution in [0.4, 0.5) is 10.5 Å². The molecule has 1 aliphatic carbocycles. The van der Waals surface area contributed by atoms with E-state index in [1.54, 1.807) is 65.1 Å². The van der Waals surface area contributed by atoms with Gasteiger partial charge in [-0.05, 0) is 147 Å². The quantitative estimate of drug-likeness (QED) is 0.147. The number of benzene rings is 3. The number of alkyl carbamates (subject to hydrolysis) is 1. The number of hydrogen-bond donors (Lipinski definition) is 1. The summed E-state index contributed by atoms with van der Waals surface area (Å²) in [6.45, 7) is 16.2. The number of aryl methyl sites for hydroxylation is 1. The highest BCUT2D eigenvalue weighted by molar-refractivity contribution is 6.09. The molecule has 11 nitrogen and oxygen atoms in total. The van der Waals surface area contributed by atoms with Crippen LogP contribution in [0.25, 0.3) is 0 Å². The normalized spacial score (nSPS) is 14.3. The van der Waals surface area contributed by atoms with Crippen molar-refractivity contribution >= 4 is 29.6 Å². The molecule has 3 aromatic rings. The molecule has 11 heteroatoms. The number of nitrogens with zero attached hydrogens (tertiary/aromatic N) is 1.